The van der Waals surface area contributed by atoms with Gasteiger partial charge in [-0.05, 0) is 48.9 Å². The molecule has 8 aromatic heterocycles. The first-order valence-corrected chi connectivity index (χ1v) is 17.0. The highest BCUT2D eigenvalue weighted by molar-refractivity contribution is 5.92. The molecule has 0 amide bonds. The molecule has 20 nitrogen and oxygen atoms in total. The van der Waals surface area contributed by atoms with Crippen molar-refractivity contribution in [1.82, 2.24) is 58.7 Å². The number of rotatable bonds is 10. The Morgan fingerprint density at radius 3 is 1.80 bits per heavy atom. The normalized spacial score (nSPS) is 12.9. The van der Waals surface area contributed by atoms with Gasteiger partial charge in [0.15, 0.2) is 40.2 Å². The molecule has 0 aromatic carbocycles. The predicted molar refractivity (Wildman–Crippen MR) is 193 cm³/mol. The summed E-state index contributed by atoms with van der Waals surface area (Å²) in [5.74, 6) is 1.89. The van der Waals surface area contributed by atoms with Crippen LogP contribution in [0.4, 0.5) is 11.9 Å². The van der Waals surface area contributed by atoms with Crippen LogP contribution in [0.15, 0.2) is 58.0 Å². The van der Waals surface area contributed by atoms with Gasteiger partial charge < -0.3 is 29.8 Å². The first kappa shape index (κ1) is 35.5. The van der Waals surface area contributed by atoms with E-state index in [9.17, 15) is 9.59 Å². The molecule has 0 radical (unpaired) electrons. The molecule has 20 heteroatoms. The average molecular weight is 739 g/mol. The zero-order valence-corrected chi connectivity index (χ0v) is 30.3. The van der Waals surface area contributed by atoms with Crippen LogP contribution in [0.5, 0.6) is 0 Å². The highest BCUT2D eigenvalue weighted by Crippen LogP contribution is 2.29. The minimum absolute atomic E-state index is 0.137. The summed E-state index contributed by atoms with van der Waals surface area (Å²) < 4.78 is 26.6. The Hall–Kier alpha value is -6.86. The SMILES string of the molecule is COC(=O)C(CC(C)C)n1cc2c(nc(N)n3nc(-c4ccco4)nc23)n1.COC(=O)C(CC(C)C)n1ncc2c1nc(N)n1nc(-c3ccco3)nc21. The summed E-state index contributed by atoms with van der Waals surface area (Å²) in [6, 6.07) is 5.86. The van der Waals surface area contributed by atoms with Crippen LogP contribution in [0.25, 0.3) is 56.5 Å². The van der Waals surface area contributed by atoms with Crippen LogP contribution in [0.3, 0.4) is 0 Å². The van der Waals surface area contributed by atoms with E-state index >= 15 is 0 Å². The van der Waals surface area contributed by atoms with Gasteiger partial charge >= 0.3 is 11.9 Å². The van der Waals surface area contributed by atoms with Crippen molar-refractivity contribution in [3.63, 3.8) is 0 Å². The lowest BCUT2D eigenvalue weighted by Crippen LogP contribution is -2.24. The number of carbonyl (C=O) groups is 2. The first-order valence-electron chi connectivity index (χ1n) is 17.0. The summed E-state index contributed by atoms with van der Waals surface area (Å²) >= 11 is 0. The summed E-state index contributed by atoms with van der Waals surface area (Å²) in [5, 5.41) is 18.8. The monoisotopic (exact) mass is 738 g/mol. The number of nitrogens with zero attached hydrogens (tertiary/aromatic N) is 12. The molecule has 8 aromatic rings. The van der Waals surface area contributed by atoms with Crippen LogP contribution in [-0.2, 0) is 19.1 Å². The van der Waals surface area contributed by atoms with Crippen LogP contribution in [0, 0.1) is 11.8 Å². The quantitative estimate of drug-likeness (QED) is 0.187. The molecule has 0 bridgehead atoms. The number of carbonyl (C=O) groups excluding carboxylic acids is 2. The number of ether oxygens (including phenoxy) is 2. The number of hydrogen-bond donors (Lipinski definition) is 2. The van der Waals surface area contributed by atoms with Crippen molar-refractivity contribution in [2.45, 2.75) is 52.6 Å². The fourth-order valence-corrected chi connectivity index (χ4v) is 6.03. The van der Waals surface area contributed by atoms with Crippen LogP contribution in [-0.4, -0.2) is 84.9 Å². The molecule has 0 aliphatic heterocycles. The molecule has 8 rings (SSSR count). The summed E-state index contributed by atoms with van der Waals surface area (Å²) in [7, 11) is 2.72. The van der Waals surface area contributed by atoms with Gasteiger partial charge in [-0.15, -0.1) is 10.2 Å². The molecule has 0 saturated carbocycles. The van der Waals surface area contributed by atoms with Crippen LogP contribution < -0.4 is 11.5 Å². The standard InChI is InChI=1S/2C17H19N7O3/c1-9(2)7-11(16(25)26-3)23-15-10(8-19-23)14-20-13(12-5-4-6-27-12)22-24(14)17(18)21-15;1-9(2)7-11(16(25)26-3)23-8-10-13(21-23)20-17(18)24-15(10)19-14(22-24)12-5-4-6-27-12/h4-6,8-9,11H,7H2,1-3H3,(H2,18,21);4-6,8-9,11H,7H2,1-3H3,(H2,18,20,21). The smallest absolute Gasteiger partial charge is 0.330 e. The van der Waals surface area contributed by atoms with Crippen molar-refractivity contribution in [2.24, 2.45) is 11.8 Å². The van der Waals surface area contributed by atoms with Gasteiger partial charge in [0.2, 0.25) is 23.5 Å². The van der Waals surface area contributed by atoms with Crippen LogP contribution in [0.2, 0.25) is 0 Å². The Morgan fingerprint density at radius 2 is 1.26 bits per heavy atom. The number of aromatic nitrogens is 12. The molecule has 0 aliphatic rings. The lowest BCUT2D eigenvalue weighted by molar-refractivity contribution is -0.146. The Kier molecular flexibility index (Phi) is 9.40. The molecular formula is C34H38N14O6. The van der Waals surface area contributed by atoms with Gasteiger partial charge in [-0.3, -0.25) is 4.68 Å². The molecule has 0 aliphatic carbocycles. The summed E-state index contributed by atoms with van der Waals surface area (Å²) in [4.78, 5) is 42.3. The molecular weight excluding hydrogens is 700 g/mol. The van der Waals surface area contributed by atoms with Gasteiger partial charge in [-0.1, -0.05) is 27.7 Å². The molecule has 280 valence electrons. The molecule has 4 N–H and O–H groups in total. The molecule has 0 fully saturated rings. The van der Waals surface area contributed by atoms with Crippen molar-refractivity contribution in [3.05, 3.63) is 49.2 Å². The van der Waals surface area contributed by atoms with E-state index in [0.29, 0.717) is 69.4 Å². The van der Waals surface area contributed by atoms with E-state index in [-0.39, 0.29) is 35.7 Å². The summed E-state index contributed by atoms with van der Waals surface area (Å²) in [6.07, 6.45) is 7.55. The van der Waals surface area contributed by atoms with Gasteiger partial charge in [0.25, 0.3) is 0 Å². The molecule has 0 saturated heterocycles. The van der Waals surface area contributed by atoms with E-state index in [0.717, 1.165) is 0 Å². The van der Waals surface area contributed by atoms with Gasteiger partial charge in [-0.2, -0.15) is 29.2 Å². The van der Waals surface area contributed by atoms with Gasteiger partial charge in [0, 0.05) is 6.20 Å². The Bertz CT molecular complexity index is 2500. The lowest BCUT2D eigenvalue weighted by atomic mass is 10.0. The fourth-order valence-electron chi connectivity index (χ4n) is 6.03. The number of fused-ring (bicyclic) bond motifs is 6. The number of methoxy groups -OCH3 is 2. The second-order valence-corrected chi connectivity index (χ2v) is 13.2. The number of hydrogen-bond acceptors (Lipinski definition) is 16. The zero-order chi connectivity index (χ0) is 38.3. The maximum absolute atomic E-state index is 12.3. The van der Waals surface area contributed by atoms with Gasteiger partial charge in [-0.25, -0.2) is 24.2 Å². The van der Waals surface area contributed by atoms with E-state index in [1.54, 1.807) is 58.5 Å². The Balaban J connectivity index is 0.000000167. The van der Waals surface area contributed by atoms with Gasteiger partial charge in [0.05, 0.1) is 43.7 Å². The number of nitrogen functional groups attached to an aromatic ring is 2. The number of furan rings is 2. The topological polar surface area (TPSA) is 253 Å². The largest absolute Gasteiger partial charge is 0.467 e. The second-order valence-electron chi connectivity index (χ2n) is 13.2. The van der Waals surface area contributed by atoms with Crippen LogP contribution >= 0.6 is 0 Å². The molecule has 0 spiro atoms. The van der Waals surface area contributed by atoms with Crippen LogP contribution in [0.1, 0.15) is 52.6 Å². The van der Waals surface area contributed by atoms with Gasteiger partial charge in [0.1, 0.15) is 6.04 Å². The maximum Gasteiger partial charge on any atom is 0.330 e. The van der Waals surface area contributed by atoms with Crippen molar-refractivity contribution in [2.75, 3.05) is 25.7 Å². The maximum atomic E-state index is 12.3. The zero-order valence-electron chi connectivity index (χ0n) is 30.3. The van der Waals surface area contributed by atoms with E-state index < -0.39 is 12.1 Å². The Morgan fingerprint density at radius 1 is 0.722 bits per heavy atom. The number of esters is 2. The van der Waals surface area contributed by atoms with Crippen molar-refractivity contribution in [1.29, 1.82) is 0 Å². The second kappa shape index (κ2) is 14.3. The Labute approximate surface area is 306 Å². The predicted octanol–water partition coefficient (Wildman–Crippen LogP) is 4.15. The third-order valence-corrected chi connectivity index (χ3v) is 8.49. The average Bonchev–Trinajstić information content (AvgIpc) is 3.99. The minimum atomic E-state index is -0.602. The number of nitrogens with two attached hydrogens (primary N) is 2. The molecule has 2 atom stereocenters. The minimum Gasteiger partial charge on any atom is -0.467 e. The highest BCUT2D eigenvalue weighted by Gasteiger charge is 2.28. The van der Waals surface area contributed by atoms with E-state index in [1.807, 2.05) is 27.7 Å². The highest BCUT2D eigenvalue weighted by atomic mass is 16.5. The van der Waals surface area contributed by atoms with E-state index in [4.69, 9.17) is 29.8 Å². The third-order valence-electron chi connectivity index (χ3n) is 8.49. The van der Waals surface area contributed by atoms with Crippen molar-refractivity contribution < 1.29 is 27.9 Å². The first-order chi connectivity index (χ1) is 26.0. The van der Waals surface area contributed by atoms with Crippen molar-refractivity contribution in [3.8, 4) is 23.2 Å². The number of anilines is 2. The fraction of sp³-hybridized carbons (Fsp3) is 0.353. The van der Waals surface area contributed by atoms with E-state index in [1.165, 1.54) is 23.3 Å². The van der Waals surface area contributed by atoms with E-state index in [2.05, 4.69) is 40.3 Å². The molecule has 54 heavy (non-hydrogen) atoms. The third kappa shape index (κ3) is 6.52. The van der Waals surface area contributed by atoms with Crippen molar-refractivity contribution >= 4 is 57.2 Å². The molecule has 2 unspecified atom stereocenters. The summed E-state index contributed by atoms with van der Waals surface area (Å²) in [6.45, 7) is 8.11. The summed E-state index contributed by atoms with van der Waals surface area (Å²) in [5.41, 5.74) is 13.9. The molecule has 8 heterocycles. The lowest BCUT2D eigenvalue weighted by Gasteiger charge is -2.17.